The van der Waals surface area contributed by atoms with Crippen molar-refractivity contribution in [2.75, 3.05) is 5.43 Å². The van der Waals surface area contributed by atoms with Gasteiger partial charge in [0.15, 0.2) is 0 Å². The van der Waals surface area contributed by atoms with E-state index in [1.165, 1.54) is 18.3 Å². The van der Waals surface area contributed by atoms with E-state index < -0.39 is 11.7 Å². The third kappa shape index (κ3) is 4.23. The highest BCUT2D eigenvalue weighted by Gasteiger charge is 2.29. The largest absolute Gasteiger partial charge is 0.506 e. The van der Waals surface area contributed by atoms with Gasteiger partial charge in [-0.2, -0.15) is 18.3 Å². The maximum absolute atomic E-state index is 12.4. The molecule has 8 heteroatoms. The topological polar surface area (TPSA) is 44.6 Å². The van der Waals surface area contributed by atoms with E-state index >= 15 is 0 Å². The van der Waals surface area contributed by atoms with Crippen molar-refractivity contribution < 1.29 is 18.3 Å². The highest BCUT2D eigenvalue weighted by Crippen LogP contribution is 2.33. The lowest BCUT2D eigenvalue weighted by Crippen LogP contribution is -2.04. The Kier molecular flexibility index (Phi) is 5.12. The van der Waals surface area contributed by atoms with Crippen molar-refractivity contribution in [1.29, 1.82) is 0 Å². The van der Waals surface area contributed by atoms with Crippen LogP contribution in [0, 0.1) is 0 Å². The van der Waals surface area contributed by atoms with Crippen LogP contribution >= 0.6 is 31.9 Å². The Hall–Kier alpha value is -1.54. The van der Waals surface area contributed by atoms with Crippen LogP contribution in [0.5, 0.6) is 5.75 Å². The minimum absolute atomic E-state index is 0.0767. The molecule has 0 aliphatic rings. The van der Waals surface area contributed by atoms with Crippen molar-refractivity contribution in [2.24, 2.45) is 5.10 Å². The molecule has 0 amide bonds. The van der Waals surface area contributed by atoms with Crippen LogP contribution in [0.2, 0.25) is 0 Å². The number of hydrogen-bond acceptors (Lipinski definition) is 3. The monoisotopic (exact) mass is 436 g/mol. The molecule has 2 rings (SSSR count). The third-order valence-corrected chi connectivity index (χ3v) is 3.87. The molecule has 0 aliphatic carbocycles. The van der Waals surface area contributed by atoms with E-state index in [-0.39, 0.29) is 5.75 Å². The number of phenolic OH excluding ortho intramolecular Hbond substituents is 1. The number of anilines is 1. The predicted octanol–water partition coefficient (Wildman–Crippen LogP) is 5.38. The molecule has 0 saturated heterocycles. The molecule has 0 radical (unpaired) electrons. The zero-order valence-electron chi connectivity index (χ0n) is 10.8. The molecule has 0 aromatic heterocycles. The zero-order valence-corrected chi connectivity index (χ0v) is 14.0. The summed E-state index contributed by atoms with van der Waals surface area (Å²) in [4.78, 5) is 0. The second-order valence-corrected chi connectivity index (χ2v) is 5.99. The van der Waals surface area contributed by atoms with Crippen molar-refractivity contribution >= 4 is 43.8 Å². The summed E-state index contributed by atoms with van der Waals surface area (Å²) in [7, 11) is 0. The van der Waals surface area contributed by atoms with Crippen LogP contribution in [0.25, 0.3) is 0 Å². The number of aromatic hydroxyl groups is 1. The Balaban J connectivity index is 2.07. The van der Waals surface area contributed by atoms with Gasteiger partial charge in [0.1, 0.15) is 5.75 Å². The highest BCUT2D eigenvalue weighted by atomic mass is 79.9. The van der Waals surface area contributed by atoms with E-state index in [2.05, 4.69) is 42.4 Å². The standard InChI is InChI=1S/C14H9Br2F3N2O/c15-11-5-8(6-12(16)13(11)22)7-20-21-10-3-1-9(2-4-10)14(17,18)19/h1-7,21-22H. The first-order chi connectivity index (χ1) is 10.3. The van der Waals surface area contributed by atoms with Gasteiger partial charge >= 0.3 is 6.18 Å². The predicted molar refractivity (Wildman–Crippen MR) is 86.2 cm³/mol. The third-order valence-electron chi connectivity index (χ3n) is 2.66. The van der Waals surface area contributed by atoms with Crippen molar-refractivity contribution in [2.45, 2.75) is 6.18 Å². The van der Waals surface area contributed by atoms with Gasteiger partial charge in [0.2, 0.25) is 0 Å². The minimum atomic E-state index is -4.35. The summed E-state index contributed by atoms with van der Waals surface area (Å²) in [6.45, 7) is 0. The summed E-state index contributed by atoms with van der Waals surface area (Å²) in [6, 6.07) is 7.85. The van der Waals surface area contributed by atoms with Gasteiger partial charge < -0.3 is 5.11 Å². The second-order valence-electron chi connectivity index (χ2n) is 4.28. The Morgan fingerprint density at radius 1 is 1.05 bits per heavy atom. The fourth-order valence-electron chi connectivity index (χ4n) is 1.57. The summed E-state index contributed by atoms with van der Waals surface area (Å²) in [5.41, 5.74) is 3.04. The van der Waals surface area contributed by atoms with Crippen LogP contribution in [-0.2, 0) is 6.18 Å². The summed E-state index contributed by atoms with van der Waals surface area (Å²) in [5, 5.41) is 13.5. The molecule has 0 unspecified atom stereocenters. The van der Waals surface area contributed by atoms with Crippen LogP contribution in [0.15, 0.2) is 50.4 Å². The molecule has 0 atom stereocenters. The van der Waals surface area contributed by atoms with Crippen molar-refractivity contribution in [1.82, 2.24) is 0 Å². The molecule has 0 saturated carbocycles. The lowest BCUT2D eigenvalue weighted by Gasteiger charge is -2.07. The van der Waals surface area contributed by atoms with Crippen LogP contribution in [0.1, 0.15) is 11.1 Å². The van der Waals surface area contributed by atoms with E-state index in [1.54, 1.807) is 12.1 Å². The van der Waals surface area contributed by atoms with Crippen LogP contribution in [0.3, 0.4) is 0 Å². The fourth-order valence-corrected chi connectivity index (χ4v) is 2.80. The molecular weight excluding hydrogens is 429 g/mol. The molecule has 0 fully saturated rings. The summed E-state index contributed by atoms with van der Waals surface area (Å²) in [6.07, 6.45) is -2.88. The van der Waals surface area contributed by atoms with Gasteiger partial charge in [-0.15, -0.1) is 0 Å². The maximum atomic E-state index is 12.4. The van der Waals surface area contributed by atoms with Crippen molar-refractivity contribution in [3.63, 3.8) is 0 Å². The minimum Gasteiger partial charge on any atom is -0.506 e. The van der Waals surface area contributed by atoms with Crippen LogP contribution in [-0.4, -0.2) is 11.3 Å². The van der Waals surface area contributed by atoms with Gasteiger partial charge in [0.05, 0.1) is 26.4 Å². The molecule has 2 N–H and O–H groups in total. The Morgan fingerprint density at radius 2 is 1.59 bits per heavy atom. The van der Waals surface area contributed by atoms with E-state index in [0.29, 0.717) is 20.2 Å². The Labute approximate surface area is 141 Å². The maximum Gasteiger partial charge on any atom is 0.416 e. The van der Waals surface area contributed by atoms with Gasteiger partial charge in [-0.05, 0) is 73.8 Å². The fraction of sp³-hybridized carbons (Fsp3) is 0.0714. The number of hydrogen-bond donors (Lipinski definition) is 2. The zero-order chi connectivity index (χ0) is 16.3. The number of nitrogens with zero attached hydrogens (tertiary/aromatic N) is 1. The number of alkyl halides is 3. The molecule has 0 heterocycles. The molecule has 0 bridgehead atoms. The summed E-state index contributed by atoms with van der Waals surface area (Å²) < 4.78 is 38.3. The number of rotatable bonds is 3. The molecule has 3 nitrogen and oxygen atoms in total. The normalized spacial score (nSPS) is 11.9. The molecule has 116 valence electrons. The number of halogens is 5. The SMILES string of the molecule is Oc1c(Br)cc(C=NNc2ccc(C(F)(F)F)cc2)cc1Br. The summed E-state index contributed by atoms with van der Waals surface area (Å²) in [5.74, 6) is 0.0767. The molecule has 2 aromatic rings. The first-order valence-electron chi connectivity index (χ1n) is 5.92. The van der Waals surface area contributed by atoms with Crippen LogP contribution in [0.4, 0.5) is 18.9 Å². The molecule has 22 heavy (non-hydrogen) atoms. The van der Waals surface area contributed by atoms with Gasteiger partial charge in [-0.1, -0.05) is 0 Å². The first-order valence-corrected chi connectivity index (χ1v) is 7.50. The van der Waals surface area contributed by atoms with Gasteiger partial charge in [-0.25, -0.2) is 0 Å². The molecule has 0 aliphatic heterocycles. The van der Waals surface area contributed by atoms with E-state index in [1.807, 2.05) is 0 Å². The molecule has 0 spiro atoms. The van der Waals surface area contributed by atoms with Gasteiger partial charge in [0, 0.05) is 0 Å². The van der Waals surface area contributed by atoms with Gasteiger partial charge in [-0.3, -0.25) is 5.43 Å². The quantitative estimate of drug-likeness (QED) is 0.500. The molecule has 2 aromatic carbocycles. The number of hydrazone groups is 1. The van der Waals surface area contributed by atoms with Crippen molar-refractivity contribution in [3.05, 3.63) is 56.5 Å². The Morgan fingerprint density at radius 3 is 2.09 bits per heavy atom. The molecular formula is C14H9Br2F3N2O. The lowest BCUT2D eigenvalue weighted by atomic mass is 10.2. The van der Waals surface area contributed by atoms with Crippen molar-refractivity contribution in [3.8, 4) is 5.75 Å². The van der Waals surface area contributed by atoms with E-state index in [0.717, 1.165) is 12.1 Å². The smallest absolute Gasteiger partial charge is 0.416 e. The number of phenols is 1. The van der Waals surface area contributed by atoms with E-state index in [9.17, 15) is 18.3 Å². The second kappa shape index (κ2) is 6.70. The number of nitrogens with one attached hydrogen (secondary N) is 1. The highest BCUT2D eigenvalue weighted by molar-refractivity contribution is 9.11. The number of benzene rings is 2. The average molecular weight is 438 g/mol. The van der Waals surface area contributed by atoms with Crippen LogP contribution < -0.4 is 5.43 Å². The Bertz CT molecular complexity index is 677. The lowest BCUT2D eigenvalue weighted by molar-refractivity contribution is -0.137. The first kappa shape index (κ1) is 16.8. The van der Waals surface area contributed by atoms with Gasteiger partial charge in [0.25, 0.3) is 0 Å². The summed E-state index contributed by atoms with van der Waals surface area (Å²) >= 11 is 6.38. The average Bonchev–Trinajstić information content (AvgIpc) is 2.44. The van der Waals surface area contributed by atoms with E-state index in [4.69, 9.17) is 0 Å².